The fraction of sp³-hybridized carbons (Fsp3) is 0. The van der Waals surface area contributed by atoms with Gasteiger partial charge >= 0.3 is 0 Å². The van der Waals surface area contributed by atoms with E-state index in [-0.39, 0.29) is 27.9 Å². The number of hydrogen-bond acceptors (Lipinski definition) is 4. The first-order chi connectivity index (χ1) is 5.41. The van der Waals surface area contributed by atoms with Gasteiger partial charge in [-0.05, 0) is 18.2 Å². The fourth-order valence-corrected chi connectivity index (χ4v) is 1.40. The maximum Gasteiger partial charge on any atom is 0.296 e. The molecule has 0 spiro atoms. The van der Waals surface area contributed by atoms with Gasteiger partial charge in [-0.1, -0.05) is 0 Å². The Morgan fingerprint density at radius 2 is 1.77 bits per heavy atom. The van der Waals surface area contributed by atoms with Gasteiger partial charge in [0.15, 0.2) is 0 Å². The molecule has 0 heterocycles. The molecule has 5 N–H and O–H groups in total. The van der Waals surface area contributed by atoms with Crippen molar-refractivity contribution in [2.75, 3.05) is 11.5 Å². The Labute approximate surface area is 86.6 Å². The molecule has 0 aliphatic rings. The maximum absolute atomic E-state index is 10.6. The third-order valence-electron chi connectivity index (χ3n) is 1.31. The van der Waals surface area contributed by atoms with Crippen LogP contribution >= 0.6 is 0 Å². The molecule has 0 atom stereocenters. The number of nitrogens with two attached hydrogens (primary N) is 2. The van der Waals surface area contributed by atoms with Crippen LogP contribution in [0.3, 0.4) is 0 Å². The molecular weight excluding hydrogens is 207 g/mol. The Morgan fingerprint density at radius 1 is 1.23 bits per heavy atom. The Hall–Kier alpha value is -0.738. The van der Waals surface area contributed by atoms with E-state index in [9.17, 15) is 8.42 Å². The zero-order valence-corrected chi connectivity index (χ0v) is 8.61. The Kier molecular flexibility index (Phi) is 3.75. The van der Waals surface area contributed by atoms with Gasteiger partial charge in [0.05, 0.1) is 5.69 Å². The summed E-state index contributed by atoms with van der Waals surface area (Å²) >= 11 is 0. The van der Waals surface area contributed by atoms with Crippen LogP contribution in [0.5, 0.6) is 0 Å². The Balaban J connectivity index is 0.00000144. The zero-order chi connectivity index (χ0) is 9.35. The molecule has 0 amide bonds. The molecule has 0 saturated carbocycles. The average Bonchev–Trinajstić information content (AvgIpc) is 1.83. The topological polar surface area (TPSA) is 106 Å². The van der Waals surface area contributed by atoms with Crippen molar-refractivity contribution in [3.63, 3.8) is 0 Å². The van der Waals surface area contributed by atoms with Crippen molar-refractivity contribution in [1.29, 1.82) is 0 Å². The van der Waals surface area contributed by atoms with Crippen LogP contribution in [0.15, 0.2) is 23.1 Å². The summed E-state index contributed by atoms with van der Waals surface area (Å²) in [6.07, 6.45) is 0. The molecule has 1 aromatic rings. The molecule has 13 heavy (non-hydrogen) atoms. The van der Waals surface area contributed by atoms with E-state index in [2.05, 4.69) is 0 Å². The van der Waals surface area contributed by atoms with E-state index in [1.165, 1.54) is 12.1 Å². The maximum atomic E-state index is 10.6. The molecule has 0 fully saturated rings. The lowest BCUT2D eigenvalue weighted by Gasteiger charge is -2.01. The van der Waals surface area contributed by atoms with Crippen molar-refractivity contribution in [3.8, 4) is 0 Å². The fourth-order valence-electron chi connectivity index (χ4n) is 0.802. The van der Waals surface area contributed by atoms with Gasteiger partial charge in [0.1, 0.15) is 4.90 Å². The van der Waals surface area contributed by atoms with Crippen molar-refractivity contribution < 1.29 is 13.0 Å². The van der Waals surface area contributed by atoms with Crippen molar-refractivity contribution in [2.45, 2.75) is 4.90 Å². The molecule has 3 radical (unpaired) electrons. The second-order valence-electron chi connectivity index (χ2n) is 2.27. The number of anilines is 2. The van der Waals surface area contributed by atoms with Crippen LogP contribution in [0.2, 0.25) is 0 Å². The Bertz CT molecular complexity index is 404. The van der Waals surface area contributed by atoms with Crippen LogP contribution in [0.4, 0.5) is 11.4 Å². The molecule has 69 valence electrons. The summed E-state index contributed by atoms with van der Waals surface area (Å²) in [7, 11) is -4.23. The lowest BCUT2D eigenvalue weighted by atomic mass is 10.3. The second-order valence-corrected chi connectivity index (χ2v) is 3.66. The lowest BCUT2D eigenvalue weighted by Crippen LogP contribution is -2.03. The molecule has 1 aromatic carbocycles. The van der Waals surface area contributed by atoms with Gasteiger partial charge < -0.3 is 11.5 Å². The molecule has 0 bridgehead atoms. The monoisotopic (exact) mass is 215 g/mol. The molecule has 0 aliphatic carbocycles. The Morgan fingerprint density at radius 3 is 2.15 bits per heavy atom. The van der Waals surface area contributed by atoms with Crippen LogP contribution in [0, 0.1) is 0 Å². The first kappa shape index (κ1) is 12.3. The van der Waals surface area contributed by atoms with Crippen LogP contribution in [-0.4, -0.2) is 30.3 Å². The van der Waals surface area contributed by atoms with E-state index in [0.29, 0.717) is 5.69 Å². The van der Waals surface area contributed by atoms with Gasteiger partial charge in [-0.2, -0.15) is 8.42 Å². The molecule has 0 saturated heterocycles. The highest BCUT2D eigenvalue weighted by molar-refractivity contribution is 7.86. The van der Waals surface area contributed by atoms with E-state index in [4.69, 9.17) is 16.0 Å². The average molecular weight is 215 g/mol. The summed E-state index contributed by atoms with van der Waals surface area (Å²) in [5.74, 6) is 0. The lowest BCUT2D eigenvalue weighted by molar-refractivity contribution is 0.483. The van der Waals surface area contributed by atoms with Gasteiger partial charge in [-0.15, -0.1) is 0 Å². The van der Waals surface area contributed by atoms with Crippen molar-refractivity contribution in [1.82, 2.24) is 0 Å². The van der Waals surface area contributed by atoms with E-state index in [1.807, 2.05) is 0 Å². The van der Waals surface area contributed by atoms with Gasteiger partial charge in [-0.3, -0.25) is 4.55 Å². The third-order valence-corrected chi connectivity index (χ3v) is 2.24. The molecule has 0 aromatic heterocycles. The number of rotatable bonds is 1. The van der Waals surface area contributed by atoms with Crippen LogP contribution in [0.25, 0.3) is 0 Å². The van der Waals surface area contributed by atoms with Gasteiger partial charge in [-0.25, -0.2) is 0 Å². The smallest absolute Gasteiger partial charge is 0.296 e. The highest BCUT2D eigenvalue weighted by Gasteiger charge is 2.12. The predicted molar refractivity (Wildman–Crippen MR) is 50.8 cm³/mol. The van der Waals surface area contributed by atoms with Gasteiger partial charge in [0.2, 0.25) is 0 Å². The SMILES string of the molecule is Nc1ccc(S(=O)(=O)O)c(N)c1.[Al]. The summed E-state index contributed by atoms with van der Waals surface area (Å²) in [6.45, 7) is 0. The van der Waals surface area contributed by atoms with E-state index in [1.54, 1.807) is 0 Å². The summed E-state index contributed by atoms with van der Waals surface area (Å²) < 4.78 is 29.8. The second kappa shape index (κ2) is 3.98. The van der Waals surface area contributed by atoms with Crippen LogP contribution in [0.1, 0.15) is 0 Å². The molecular formula is C6H8AlN2O3S. The standard InChI is InChI=1S/C6H8N2O3S.Al/c7-4-1-2-6(5(8)3-4)12(9,10)11;/h1-3H,7-8H2,(H,9,10,11);. The van der Waals surface area contributed by atoms with E-state index < -0.39 is 10.1 Å². The minimum Gasteiger partial charge on any atom is -0.399 e. The van der Waals surface area contributed by atoms with Crippen LogP contribution in [-0.2, 0) is 10.1 Å². The summed E-state index contributed by atoms with van der Waals surface area (Å²) in [6, 6.07) is 3.77. The number of hydrogen-bond donors (Lipinski definition) is 3. The highest BCUT2D eigenvalue weighted by atomic mass is 32.2. The van der Waals surface area contributed by atoms with Crippen molar-refractivity contribution >= 4 is 38.9 Å². The quantitative estimate of drug-likeness (QED) is 0.339. The summed E-state index contributed by atoms with van der Waals surface area (Å²) in [4.78, 5) is -0.322. The summed E-state index contributed by atoms with van der Waals surface area (Å²) in [5.41, 5.74) is 10.9. The first-order valence-electron chi connectivity index (χ1n) is 3.04. The third kappa shape index (κ3) is 2.90. The highest BCUT2D eigenvalue weighted by Crippen LogP contribution is 2.19. The normalized spacial score (nSPS) is 10.5. The van der Waals surface area contributed by atoms with Crippen LogP contribution < -0.4 is 11.5 Å². The predicted octanol–water partition coefficient (Wildman–Crippen LogP) is -0.283. The molecule has 7 heteroatoms. The molecule has 1 rings (SSSR count). The van der Waals surface area contributed by atoms with Gasteiger partial charge in [0.25, 0.3) is 10.1 Å². The number of nitrogen functional groups attached to an aromatic ring is 2. The van der Waals surface area contributed by atoms with E-state index >= 15 is 0 Å². The van der Waals surface area contributed by atoms with Gasteiger partial charge in [0, 0.05) is 23.0 Å². The first-order valence-corrected chi connectivity index (χ1v) is 4.48. The summed E-state index contributed by atoms with van der Waals surface area (Å²) in [5, 5.41) is 0. The minimum absolute atomic E-state index is 0. The minimum atomic E-state index is -4.23. The molecule has 5 nitrogen and oxygen atoms in total. The van der Waals surface area contributed by atoms with E-state index in [0.717, 1.165) is 6.07 Å². The largest absolute Gasteiger partial charge is 0.399 e. The number of benzene rings is 1. The molecule has 0 aliphatic heterocycles. The zero-order valence-electron chi connectivity index (χ0n) is 6.64. The molecule has 0 unspecified atom stereocenters. The van der Waals surface area contributed by atoms with Crippen molar-refractivity contribution in [2.24, 2.45) is 0 Å². The van der Waals surface area contributed by atoms with Crippen molar-refractivity contribution in [3.05, 3.63) is 18.2 Å².